The minimum absolute atomic E-state index is 0.177. The molecule has 0 aliphatic heterocycles. The third-order valence-corrected chi connectivity index (χ3v) is 6.26. The SMILES string of the molecule is COCCNC(=O)[C@@H](c1cccs1)N(C(=O)Cn1nnc2ccccc21)c1ccc(C)c(F)c1. The molecule has 10 heteroatoms. The van der Waals surface area contributed by atoms with Gasteiger partial charge in [0.25, 0.3) is 0 Å². The van der Waals surface area contributed by atoms with Crippen molar-refractivity contribution in [3.8, 4) is 0 Å². The van der Waals surface area contributed by atoms with Crippen molar-refractivity contribution in [2.24, 2.45) is 0 Å². The lowest BCUT2D eigenvalue weighted by atomic mass is 10.1. The molecular formula is C24H24FN5O3S. The third kappa shape index (κ3) is 4.97. The van der Waals surface area contributed by atoms with Crippen LogP contribution in [0.25, 0.3) is 11.0 Å². The number of aryl methyl sites for hydroxylation is 1. The Bertz CT molecular complexity index is 1290. The average Bonchev–Trinajstić information content (AvgIpc) is 3.50. The van der Waals surface area contributed by atoms with E-state index in [2.05, 4.69) is 15.6 Å². The highest BCUT2D eigenvalue weighted by molar-refractivity contribution is 7.10. The molecule has 0 bridgehead atoms. The van der Waals surface area contributed by atoms with Gasteiger partial charge in [-0.2, -0.15) is 0 Å². The van der Waals surface area contributed by atoms with Crippen molar-refractivity contribution in [3.63, 3.8) is 0 Å². The van der Waals surface area contributed by atoms with Crippen molar-refractivity contribution in [1.29, 1.82) is 0 Å². The van der Waals surface area contributed by atoms with Crippen LogP contribution in [0.2, 0.25) is 0 Å². The average molecular weight is 482 g/mol. The Morgan fingerprint density at radius 3 is 2.76 bits per heavy atom. The summed E-state index contributed by atoms with van der Waals surface area (Å²) < 4.78 is 21.1. The van der Waals surface area contributed by atoms with Crippen LogP contribution < -0.4 is 10.2 Å². The number of hydrogen-bond donors (Lipinski definition) is 1. The van der Waals surface area contributed by atoms with Gasteiger partial charge in [0, 0.05) is 24.2 Å². The number of ether oxygens (including phenoxy) is 1. The highest BCUT2D eigenvalue weighted by Gasteiger charge is 2.34. The van der Waals surface area contributed by atoms with E-state index in [9.17, 15) is 14.0 Å². The van der Waals surface area contributed by atoms with Crippen molar-refractivity contribution in [2.45, 2.75) is 19.5 Å². The molecule has 1 atom stereocenters. The smallest absolute Gasteiger partial charge is 0.249 e. The highest BCUT2D eigenvalue weighted by atomic mass is 32.1. The molecule has 0 aliphatic rings. The Morgan fingerprint density at radius 2 is 2.03 bits per heavy atom. The Morgan fingerprint density at radius 1 is 1.21 bits per heavy atom. The zero-order valence-corrected chi connectivity index (χ0v) is 19.6. The summed E-state index contributed by atoms with van der Waals surface area (Å²) in [5.74, 6) is -1.29. The number of thiophene rings is 1. The maximum atomic E-state index is 14.6. The molecule has 0 aliphatic carbocycles. The summed E-state index contributed by atoms with van der Waals surface area (Å²) in [7, 11) is 1.54. The summed E-state index contributed by atoms with van der Waals surface area (Å²) in [6.45, 7) is 2.06. The number of halogens is 1. The van der Waals surface area contributed by atoms with Crippen LogP contribution in [-0.4, -0.2) is 47.1 Å². The quantitative estimate of drug-likeness (QED) is 0.370. The van der Waals surface area contributed by atoms with Gasteiger partial charge in [-0.3, -0.25) is 14.5 Å². The fraction of sp³-hybridized carbons (Fsp3) is 0.250. The van der Waals surface area contributed by atoms with Crippen molar-refractivity contribution in [2.75, 3.05) is 25.2 Å². The summed E-state index contributed by atoms with van der Waals surface area (Å²) in [5, 5.41) is 12.8. The fourth-order valence-electron chi connectivity index (χ4n) is 3.60. The monoisotopic (exact) mass is 481 g/mol. The van der Waals surface area contributed by atoms with Gasteiger partial charge < -0.3 is 10.1 Å². The summed E-state index contributed by atoms with van der Waals surface area (Å²) in [6, 6.07) is 14.4. The van der Waals surface area contributed by atoms with Gasteiger partial charge in [-0.1, -0.05) is 29.5 Å². The summed E-state index contributed by atoms with van der Waals surface area (Å²) in [4.78, 5) is 29.0. The van der Waals surface area contributed by atoms with Gasteiger partial charge in [-0.25, -0.2) is 9.07 Å². The van der Waals surface area contributed by atoms with Gasteiger partial charge in [0.2, 0.25) is 11.8 Å². The minimum Gasteiger partial charge on any atom is -0.383 e. The van der Waals surface area contributed by atoms with Crippen LogP contribution in [0.15, 0.2) is 60.0 Å². The number of fused-ring (bicyclic) bond motifs is 1. The number of para-hydroxylation sites is 1. The van der Waals surface area contributed by atoms with Crippen LogP contribution in [-0.2, 0) is 20.9 Å². The molecule has 0 saturated carbocycles. The first kappa shape index (κ1) is 23.5. The van der Waals surface area contributed by atoms with Crippen LogP contribution in [0.3, 0.4) is 0 Å². The number of nitrogens with zero attached hydrogens (tertiary/aromatic N) is 4. The molecular weight excluding hydrogens is 457 g/mol. The van der Waals surface area contributed by atoms with E-state index in [-0.39, 0.29) is 18.8 Å². The largest absolute Gasteiger partial charge is 0.383 e. The molecule has 34 heavy (non-hydrogen) atoms. The second kappa shape index (κ2) is 10.5. The van der Waals surface area contributed by atoms with Crippen LogP contribution >= 0.6 is 11.3 Å². The zero-order chi connectivity index (χ0) is 24.1. The van der Waals surface area contributed by atoms with Crippen LogP contribution in [0.1, 0.15) is 16.5 Å². The molecule has 2 heterocycles. The van der Waals surface area contributed by atoms with Crippen molar-refractivity contribution in [1.82, 2.24) is 20.3 Å². The number of anilines is 1. The predicted molar refractivity (Wildman–Crippen MR) is 128 cm³/mol. The van der Waals surface area contributed by atoms with E-state index in [1.807, 2.05) is 23.6 Å². The minimum atomic E-state index is -0.999. The first-order chi connectivity index (χ1) is 16.5. The Labute approximate surface area is 199 Å². The fourth-order valence-corrected chi connectivity index (χ4v) is 4.41. The normalized spacial score (nSPS) is 12.0. The lowest BCUT2D eigenvalue weighted by molar-refractivity contribution is -0.127. The van der Waals surface area contributed by atoms with E-state index in [0.29, 0.717) is 28.1 Å². The van der Waals surface area contributed by atoms with Gasteiger partial charge in [0.05, 0.1) is 12.1 Å². The molecule has 4 rings (SSSR count). The van der Waals surface area contributed by atoms with Gasteiger partial charge >= 0.3 is 0 Å². The standard InChI is InChI=1S/C24H24FN5O3S/c1-16-9-10-17(14-18(16)25)30(22(31)15-29-20-7-4-3-6-19(20)27-28-29)23(21-8-5-13-34-21)24(32)26-11-12-33-2/h3-10,13-14,23H,11-12,15H2,1-2H3,(H,26,32)/t23-/m1/s1. The number of nitrogens with one attached hydrogen (secondary N) is 1. The molecule has 0 saturated heterocycles. The van der Waals surface area contributed by atoms with Crippen LogP contribution in [0.4, 0.5) is 10.1 Å². The highest BCUT2D eigenvalue weighted by Crippen LogP contribution is 2.32. The molecule has 0 unspecified atom stereocenters. The molecule has 176 valence electrons. The van der Waals surface area contributed by atoms with Crippen molar-refractivity contribution >= 4 is 39.9 Å². The Balaban J connectivity index is 1.76. The van der Waals surface area contributed by atoms with E-state index in [1.165, 1.54) is 34.1 Å². The van der Waals surface area contributed by atoms with Gasteiger partial charge in [-0.05, 0) is 48.2 Å². The Kier molecular flexibility index (Phi) is 7.29. The second-order valence-corrected chi connectivity index (χ2v) is 8.61. The third-order valence-electron chi connectivity index (χ3n) is 5.33. The van der Waals surface area contributed by atoms with Crippen LogP contribution in [0.5, 0.6) is 0 Å². The number of rotatable bonds is 9. The van der Waals surface area contributed by atoms with E-state index < -0.39 is 23.7 Å². The van der Waals surface area contributed by atoms with E-state index in [4.69, 9.17) is 4.74 Å². The second-order valence-electron chi connectivity index (χ2n) is 7.63. The van der Waals surface area contributed by atoms with E-state index in [1.54, 1.807) is 37.3 Å². The summed E-state index contributed by atoms with van der Waals surface area (Å²) in [5.41, 5.74) is 2.05. The predicted octanol–water partition coefficient (Wildman–Crippen LogP) is 3.48. The first-order valence-corrected chi connectivity index (χ1v) is 11.5. The molecule has 2 amide bonds. The molecule has 0 spiro atoms. The molecule has 2 aromatic carbocycles. The van der Waals surface area contributed by atoms with Gasteiger partial charge in [0.15, 0.2) is 0 Å². The molecule has 8 nitrogen and oxygen atoms in total. The maximum absolute atomic E-state index is 14.6. The summed E-state index contributed by atoms with van der Waals surface area (Å²) in [6.07, 6.45) is 0. The van der Waals surface area contributed by atoms with E-state index in [0.717, 1.165) is 0 Å². The topological polar surface area (TPSA) is 89.4 Å². The summed E-state index contributed by atoms with van der Waals surface area (Å²) >= 11 is 1.34. The number of amides is 2. The van der Waals surface area contributed by atoms with Crippen LogP contribution in [0, 0.1) is 12.7 Å². The first-order valence-electron chi connectivity index (χ1n) is 10.7. The zero-order valence-electron chi connectivity index (χ0n) is 18.8. The number of carbonyl (C=O) groups excluding carboxylic acids is 2. The number of hydrogen-bond acceptors (Lipinski definition) is 6. The maximum Gasteiger partial charge on any atom is 0.249 e. The van der Waals surface area contributed by atoms with E-state index >= 15 is 0 Å². The number of benzene rings is 2. The molecule has 0 radical (unpaired) electrons. The lowest BCUT2D eigenvalue weighted by Crippen LogP contribution is -2.45. The number of aromatic nitrogens is 3. The number of carbonyl (C=O) groups is 2. The lowest BCUT2D eigenvalue weighted by Gasteiger charge is -2.31. The van der Waals surface area contributed by atoms with Crippen molar-refractivity contribution < 1.29 is 18.7 Å². The Hall–Kier alpha value is -3.63. The van der Waals surface area contributed by atoms with Gasteiger partial charge in [0.1, 0.15) is 23.9 Å². The van der Waals surface area contributed by atoms with Crippen molar-refractivity contribution in [3.05, 3.63) is 76.2 Å². The molecule has 4 aromatic rings. The molecule has 0 fully saturated rings. The molecule has 2 aromatic heterocycles. The van der Waals surface area contributed by atoms with Gasteiger partial charge in [-0.15, -0.1) is 16.4 Å². The molecule has 1 N–H and O–H groups in total. The number of methoxy groups -OCH3 is 1.